The van der Waals surface area contributed by atoms with Gasteiger partial charge < -0.3 is 19.3 Å². The molecule has 0 amide bonds. The number of aliphatic hydroxyl groups is 1. The Morgan fingerprint density at radius 3 is 2.02 bits per heavy atom. The van der Waals surface area contributed by atoms with Crippen LogP contribution in [0.2, 0.25) is 0 Å². The molecule has 0 aromatic heterocycles. The van der Waals surface area contributed by atoms with Crippen molar-refractivity contribution in [2.75, 3.05) is 20.2 Å². The van der Waals surface area contributed by atoms with Gasteiger partial charge in [-0.1, -0.05) is 97.8 Å². The van der Waals surface area contributed by atoms with E-state index in [4.69, 9.17) is 14.2 Å². The Kier molecular flexibility index (Phi) is 12.5. The highest BCUT2D eigenvalue weighted by atomic mass is 32.2. The van der Waals surface area contributed by atoms with E-state index in [0.717, 1.165) is 46.2 Å². The number of hydrogen-bond acceptors (Lipinski definition) is 6. The molecule has 49 heavy (non-hydrogen) atoms. The molecule has 0 atom stereocenters. The zero-order chi connectivity index (χ0) is 34.6. The first kappa shape index (κ1) is 35.7. The highest BCUT2D eigenvalue weighted by molar-refractivity contribution is 7.89. The van der Waals surface area contributed by atoms with Gasteiger partial charge in [0.25, 0.3) is 0 Å². The second-order valence-electron chi connectivity index (χ2n) is 12.1. The highest BCUT2D eigenvalue weighted by Gasteiger charge is 2.24. The van der Waals surface area contributed by atoms with E-state index in [9.17, 15) is 13.5 Å². The Morgan fingerprint density at radius 1 is 0.673 bits per heavy atom. The fourth-order valence-electron chi connectivity index (χ4n) is 5.50. The molecule has 0 fully saturated rings. The van der Waals surface area contributed by atoms with Crippen molar-refractivity contribution in [3.63, 3.8) is 0 Å². The first-order chi connectivity index (χ1) is 23.8. The van der Waals surface area contributed by atoms with Gasteiger partial charge in [0.15, 0.2) is 11.5 Å². The van der Waals surface area contributed by atoms with Gasteiger partial charge in [-0.2, -0.15) is 4.31 Å². The molecule has 0 radical (unpaired) electrons. The molecule has 0 bridgehead atoms. The fourth-order valence-corrected chi connectivity index (χ4v) is 6.97. The molecule has 0 unspecified atom stereocenters. The maximum atomic E-state index is 13.8. The number of methoxy groups -OCH3 is 1. The van der Waals surface area contributed by atoms with Crippen molar-refractivity contribution in [2.24, 2.45) is 0 Å². The van der Waals surface area contributed by atoms with Crippen LogP contribution in [-0.2, 0) is 36.3 Å². The summed E-state index contributed by atoms with van der Waals surface area (Å²) < 4.78 is 47.1. The molecule has 0 aliphatic carbocycles. The number of aliphatic hydroxyl groups excluding tert-OH is 1. The molecule has 0 saturated carbocycles. The first-order valence-electron chi connectivity index (χ1n) is 16.7. The largest absolute Gasteiger partial charge is 0.493 e. The summed E-state index contributed by atoms with van der Waals surface area (Å²) >= 11 is 0. The Morgan fingerprint density at radius 2 is 1.33 bits per heavy atom. The van der Waals surface area contributed by atoms with E-state index in [1.165, 1.54) is 5.56 Å². The monoisotopic (exact) mass is 679 g/mol. The first-order valence-corrected chi connectivity index (χ1v) is 18.1. The number of ether oxygens (including phenoxy) is 3. The van der Waals surface area contributed by atoms with Crippen molar-refractivity contribution in [1.29, 1.82) is 0 Å². The predicted octanol–water partition coefficient (Wildman–Crippen LogP) is 8.35. The van der Waals surface area contributed by atoms with E-state index < -0.39 is 10.0 Å². The number of unbranched alkanes of at least 4 members (excludes halogenated alkanes) is 1. The minimum absolute atomic E-state index is 0.130. The molecule has 5 rings (SSSR count). The Bertz CT molecular complexity index is 1890. The van der Waals surface area contributed by atoms with Gasteiger partial charge in [0.1, 0.15) is 19.0 Å². The zero-order valence-electron chi connectivity index (χ0n) is 28.5. The lowest BCUT2D eigenvalue weighted by Gasteiger charge is -2.22. The molecule has 0 heterocycles. The van der Waals surface area contributed by atoms with Crippen LogP contribution in [0.5, 0.6) is 17.2 Å². The van der Waals surface area contributed by atoms with Crippen molar-refractivity contribution < 1.29 is 27.7 Å². The molecule has 8 heteroatoms. The molecule has 1 N–H and O–H groups in total. The average Bonchev–Trinajstić information content (AvgIpc) is 3.14. The SMILES string of the molecule is CCCCN(CCc1ccccc1)S(=O)(=O)c1ccc(-c2cc(CO)ccc2OCc2ccc(OCc3ccc(C)cc3)c(OC)c2)cc1. The summed E-state index contributed by atoms with van der Waals surface area (Å²) in [4.78, 5) is 0.248. The van der Waals surface area contributed by atoms with E-state index in [1.54, 1.807) is 35.7 Å². The highest BCUT2D eigenvalue weighted by Crippen LogP contribution is 2.34. The second-order valence-corrected chi connectivity index (χ2v) is 14.0. The molecular formula is C41H45NO6S. The maximum Gasteiger partial charge on any atom is 0.243 e. The van der Waals surface area contributed by atoms with E-state index in [0.29, 0.717) is 43.4 Å². The Hall–Kier alpha value is -4.63. The van der Waals surface area contributed by atoms with Crippen LogP contribution in [0.1, 0.15) is 47.6 Å². The topological polar surface area (TPSA) is 85.3 Å². The fraction of sp³-hybridized carbons (Fsp3) is 0.268. The second kappa shape index (κ2) is 17.2. The van der Waals surface area contributed by atoms with Crippen LogP contribution in [0, 0.1) is 6.92 Å². The van der Waals surface area contributed by atoms with Gasteiger partial charge in [-0.05, 0) is 84.0 Å². The van der Waals surface area contributed by atoms with Crippen LogP contribution < -0.4 is 14.2 Å². The zero-order valence-corrected chi connectivity index (χ0v) is 29.3. The Labute approximate surface area is 290 Å². The van der Waals surface area contributed by atoms with Crippen LogP contribution in [0.4, 0.5) is 0 Å². The number of sulfonamides is 1. The van der Waals surface area contributed by atoms with Crippen LogP contribution in [0.15, 0.2) is 120 Å². The molecule has 7 nitrogen and oxygen atoms in total. The van der Waals surface area contributed by atoms with Crippen LogP contribution in [-0.4, -0.2) is 38.0 Å². The van der Waals surface area contributed by atoms with E-state index >= 15 is 0 Å². The summed E-state index contributed by atoms with van der Waals surface area (Å²) in [5, 5.41) is 9.88. The van der Waals surface area contributed by atoms with Crippen LogP contribution in [0.3, 0.4) is 0 Å². The average molecular weight is 680 g/mol. The summed E-state index contributed by atoms with van der Waals surface area (Å²) in [5.74, 6) is 1.86. The number of nitrogens with zero attached hydrogens (tertiary/aromatic N) is 1. The quantitative estimate of drug-likeness (QED) is 0.106. The van der Waals surface area contributed by atoms with Gasteiger partial charge in [-0.25, -0.2) is 8.42 Å². The van der Waals surface area contributed by atoms with Crippen LogP contribution in [0.25, 0.3) is 11.1 Å². The number of aryl methyl sites for hydroxylation is 1. The van der Waals surface area contributed by atoms with Crippen molar-refractivity contribution in [2.45, 2.75) is 57.8 Å². The third-order valence-electron chi connectivity index (χ3n) is 8.42. The van der Waals surface area contributed by atoms with Gasteiger partial charge in [-0.15, -0.1) is 0 Å². The molecular weight excluding hydrogens is 635 g/mol. The van der Waals surface area contributed by atoms with Crippen molar-refractivity contribution >= 4 is 10.0 Å². The smallest absolute Gasteiger partial charge is 0.243 e. The third-order valence-corrected chi connectivity index (χ3v) is 10.3. The molecule has 256 valence electrons. The van der Waals surface area contributed by atoms with E-state index in [1.807, 2.05) is 78.9 Å². The van der Waals surface area contributed by atoms with Gasteiger partial charge in [0.2, 0.25) is 10.0 Å². The summed E-state index contributed by atoms with van der Waals surface area (Å²) in [7, 11) is -2.09. The lowest BCUT2D eigenvalue weighted by atomic mass is 10.0. The molecule has 0 saturated heterocycles. The minimum Gasteiger partial charge on any atom is -0.493 e. The molecule has 0 aliphatic heterocycles. The predicted molar refractivity (Wildman–Crippen MR) is 194 cm³/mol. The van der Waals surface area contributed by atoms with Crippen molar-refractivity contribution in [1.82, 2.24) is 4.31 Å². The summed E-state index contributed by atoms with van der Waals surface area (Å²) in [6.45, 7) is 5.56. The van der Waals surface area contributed by atoms with Crippen LogP contribution >= 0.6 is 0 Å². The molecule has 5 aromatic rings. The molecule has 5 aromatic carbocycles. The number of hydrogen-bond donors (Lipinski definition) is 1. The standard InChI is InChI=1S/C41H45NO6S/c1-4-5-24-42(25-23-32-9-7-6-8-10-32)49(44,45)37-19-17-36(18-20-37)38-26-34(28-43)15-21-39(38)47-30-35-16-22-40(41(27-35)46-3)48-29-33-13-11-31(2)12-14-33/h6-22,26-27,43H,4-5,23-25,28-30H2,1-3H3. The third kappa shape index (κ3) is 9.50. The lowest BCUT2D eigenvalue weighted by molar-refractivity contribution is 0.280. The van der Waals surface area contributed by atoms with Gasteiger partial charge in [0.05, 0.1) is 18.6 Å². The summed E-state index contributed by atoms with van der Waals surface area (Å²) in [6, 6.07) is 36.3. The molecule has 0 spiro atoms. The van der Waals surface area contributed by atoms with Gasteiger partial charge in [-0.3, -0.25) is 0 Å². The lowest BCUT2D eigenvalue weighted by Crippen LogP contribution is -2.34. The van der Waals surface area contributed by atoms with E-state index in [-0.39, 0.29) is 18.1 Å². The van der Waals surface area contributed by atoms with Gasteiger partial charge in [0, 0.05) is 18.7 Å². The van der Waals surface area contributed by atoms with Crippen molar-refractivity contribution in [3.8, 4) is 28.4 Å². The number of benzene rings is 5. The van der Waals surface area contributed by atoms with Crippen molar-refractivity contribution in [3.05, 3.63) is 143 Å². The van der Waals surface area contributed by atoms with Gasteiger partial charge >= 0.3 is 0 Å². The summed E-state index contributed by atoms with van der Waals surface area (Å²) in [6.07, 6.45) is 2.33. The Balaban J connectivity index is 1.31. The van der Waals surface area contributed by atoms with E-state index in [2.05, 4.69) is 26.0 Å². The number of rotatable bonds is 17. The minimum atomic E-state index is -3.70. The summed E-state index contributed by atoms with van der Waals surface area (Å²) in [5.41, 5.74) is 6.53. The normalized spacial score (nSPS) is 11.4. The maximum absolute atomic E-state index is 13.8. The molecule has 0 aliphatic rings.